The maximum Gasteiger partial charge on any atom is 0.155 e. The van der Waals surface area contributed by atoms with Crippen molar-refractivity contribution in [2.75, 3.05) is 11.5 Å². The molecule has 2 N–H and O–H groups in total. The maximum absolute atomic E-state index is 11.5. The van der Waals surface area contributed by atoms with E-state index in [0.29, 0.717) is 18.8 Å². The lowest BCUT2D eigenvalue weighted by molar-refractivity contribution is 0.601. The Morgan fingerprint density at radius 1 is 1.50 bits per heavy atom. The standard InChI is InChI=1S/C11H14N4O2S/c12-6-8-1-3-15-10(5-8)13-11(14-15)9-2-4-18(16,17)7-9/h1,3,5,9H,2,4,6-7,12H2. The highest BCUT2D eigenvalue weighted by atomic mass is 32.2. The largest absolute Gasteiger partial charge is 0.326 e. The van der Waals surface area contributed by atoms with E-state index in [2.05, 4.69) is 10.1 Å². The van der Waals surface area contributed by atoms with Crippen LogP contribution in [0.5, 0.6) is 0 Å². The van der Waals surface area contributed by atoms with Gasteiger partial charge in [-0.05, 0) is 24.1 Å². The molecule has 0 aromatic carbocycles. The number of hydrogen-bond donors (Lipinski definition) is 1. The number of aromatic nitrogens is 3. The van der Waals surface area contributed by atoms with Crippen molar-refractivity contribution in [3.8, 4) is 0 Å². The molecule has 0 saturated carbocycles. The van der Waals surface area contributed by atoms with E-state index in [1.165, 1.54) is 0 Å². The Morgan fingerprint density at radius 3 is 3.00 bits per heavy atom. The zero-order valence-electron chi connectivity index (χ0n) is 9.78. The third-order valence-electron chi connectivity index (χ3n) is 3.25. The molecule has 1 unspecified atom stereocenters. The first-order chi connectivity index (χ1) is 8.57. The van der Waals surface area contributed by atoms with E-state index in [-0.39, 0.29) is 17.4 Å². The Morgan fingerprint density at radius 2 is 2.33 bits per heavy atom. The summed E-state index contributed by atoms with van der Waals surface area (Å²) in [6.45, 7) is 0.455. The summed E-state index contributed by atoms with van der Waals surface area (Å²) in [6, 6.07) is 3.76. The fourth-order valence-corrected chi connectivity index (χ4v) is 3.98. The van der Waals surface area contributed by atoms with Gasteiger partial charge in [-0.1, -0.05) is 0 Å². The normalized spacial score (nSPS) is 22.6. The third-order valence-corrected chi connectivity index (χ3v) is 5.02. The van der Waals surface area contributed by atoms with E-state index < -0.39 is 9.84 Å². The number of nitrogens with two attached hydrogens (primary N) is 1. The smallest absolute Gasteiger partial charge is 0.155 e. The molecule has 0 amide bonds. The molecule has 18 heavy (non-hydrogen) atoms. The first-order valence-corrected chi connectivity index (χ1v) is 7.65. The van der Waals surface area contributed by atoms with Crippen molar-refractivity contribution in [1.82, 2.24) is 14.6 Å². The number of fused-ring (bicyclic) bond motifs is 1. The number of hydrogen-bond acceptors (Lipinski definition) is 5. The summed E-state index contributed by atoms with van der Waals surface area (Å²) >= 11 is 0. The molecule has 0 radical (unpaired) electrons. The van der Waals surface area contributed by atoms with Crippen LogP contribution in [-0.2, 0) is 16.4 Å². The molecule has 7 heteroatoms. The quantitative estimate of drug-likeness (QED) is 0.832. The molecule has 0 spiro atoms. The highest BCUT2D eigenvalue weighted by Gasteiger charge is 2.31. The SMILES string of the molecule is NCc1ccn2nc(C3CCS(=O)(=O)C3)nc2c1. The molecule has 1 atom stereocenters. The zero-order chi connectivity index (χ0) is 12.8. The summed E-state index contributed by atoms with van der Waals surface area (Å²) in [4.78, 5) is 4.40. The topological polar surface area (TPSA) is 90.4 Å². The van der Waals surface area contributed by atoms with Crippen LogP contribution < -0.4 is 5.73 Å². The van der Waals surface area contributed by atoms with Gasteiger partial charge in [0.05, 0.1) is 11.5 Å². The first kappa shape index (κ1) is 11.6. The van der Waals surface area contributed by atoms with Gasteiger partial charge in [-0.2, -0.15) is 5.10 Å². The summed E-state index contributed by atoms with van der Waals surface area (Å²) < 4.78 is 24.6. The summed E-state index contributed by atoms with van der Waals surface area (Å²) in [6.07, 6.45) is 2.42. The fourth-order valence-electron chi connectivity index (χ4n) is 2.24. The molecule has 1 aliphatic rings. The van der Waals surface area contributed by atoms with Gasteiger partial charge < -0.3 is 5.73 Å². The van der Waals surface area contributed by atoms with Crippen molar-refractivity contribution in [3.05, 3.63) is 29.7 Å². The Bertz CT molecular complexity index is 692. The molecule has 2 aromatic heterocycles. The number of pyridine rings is 1. The van der Waals surface area contributed by atoms with Gasteiger partial charge in [-0.25, -0.2) is 17.9 Å². The van der Waals surface area contributed by atoms with E-state index in [4.69, 9.17) is 5.73 Å². The minimum absolute atomic E-state index is 0.0729. The molecule has 0 bridgehead atoms. The Hall–Kier alpha value is -1.47. The predicted molar refractivity (Wildman–Crippen MR) is 66.9 cm³/mol. The molecule has 6 nitrogen and oxygen atoms in total. The van der Waals surface area contributed by atoms with Gasteiger partial charge in [-0.3, -0.25) is 0 Å². The summed E-state index contributed by atoms with van der Waals surface area (Å²) in [5.41, 5.74) is 7.27. The predicted octanol–water partition coefficient (Wildman–Crippen LogP) is 0.0901. The average Bonchev–Trinajstić information content (AvgIpc) is 2.90. The average molecular weight is 266 g/mol. The van der Waals surface area contributed by atoms with Crippen LogP contribution in [0.3, 0.4) is 0 Å². The van der Waals surface area contributed by atoms with Gasteiger partial charge in [0.2, 0.25) is 0 Å². The van der Waals surface area contributed by atoms with E-state index >= 15 is 0 Å². The van der Waals surface area contributed by atoms with E-state index in [1.807, 2.05) is 12.1 Å². The molecule has 1 fully saturated rings. The van der Waals surface area contributed by atoms with Crippen LogP contribution in [0.2, 0.25) is 0 Å². The van der Waals surface area contributed by atoms with Gasteiger partial charge in [0.25, 0.3) is 0 Å². The molecule has 3 rings (SSSR count). The van der Waals surface area contributed by atoms with E-state index in [1.54, 1.807) is 10.7 Å². The molecule has 96 valence electrons. The van der Waals surface area contributed by atoms with Gasteiger partial charge in [0, 0.05) is 18.7 Å². The molecule has 2 aromatic rings. The van der Waals surface area contributed by atoms with Crippen molar-refractivity contribution in [3.63, 3.8) is 0 Å². The summed E-state index contributed by atoms with van der Waals surface area (Å²) in [7, 11) is -2.90. The second-order valence-electron chi connectivity index (χ2n) is 4.61. The monoisotopic (exact) mass is 266 g/mol. The van der Waals surface area contributed by atoms with Crippen LogP contribution >= 0.6 is 0 Å². The highest BCUT2D eigenvalue weighted by Crippen LogP contribution is 2.26. The number of nitrogens with zero attached hydrogens (tertiary/aromatic N) is 3. The van der Waals surface area contributed by atoms with Crippen molar-refractivity contribution in [1.29, 1.82) is 0 Å². The maximum atomic E-state index is 11.5. The summed E-state index contributed by atoms with van der Waals surface area (Å²) in [5, 5.41) is 4.34. The Kier molecular flexibility index (Phi) is 2.60. The van der Waals surface area contributed by atoms with Gasteiger partial charge >= 0.3 is 0 Å². The second kappa shape index (κ2) is 4.03. The second-order valence-corrected chi connectivity index (χ2v) is 6.84. The van der Waals surface area contributed by atoms with Crippen molar-refractivity contribution in [2.24, 2.45) is 5.73 Å². The number of sulfone groups is 1. The lowest BCUT2D eigenvalue weighted by Crippen LogP contribution is -2.05. The molecule has 0 aliphatic carbocycles. The van der Waals surface area contributed by atoms with Crippen LogP contribution in [0, 0.1) is 0 Å². The molecule has 3 heterocycles. The van der Waals surface area contributed by atoms with Crippen LogP contribution in [-0.4, -0.2) is 34.5 Å². The summed E-state index contributed by atoms with van der Waals surface area (Å²) in [5.74, 6) is 0.941. The van der Waals surface area contributed by atoms with Crippen LogP contribution in [0.1, 0.15) is 23.7 Å². The lowest BCUT2D eigenvalue weighted by Gasteiger charge is -1.98. The van der Waals surface area contributed by atoms with Crippen molar-refractivity contribution in [2.45, 2.75) is 18.9 Å². The zero-order valence-corrected chi connectivity index (χ0v) is 10.6. The minimum Gasteiger partial charge on any atom is -0.326 e. The molecular formula is C11H14N4O2S. The molecule has 1 saturated heterocycles. The van der Waals surface area contributed by atoms with Gasteiger partial charge in [0.15, 0.2) is 21.3 Å². The number of rotatable bonds is 2. The third kappa shape index (κ3) is 1.99. The molecule has 1 aliphatic heterocycles. The van der Waals surface area contributed by atoms with Crippen LogP contribution in [0.4, 0.5) is 0 Å². The lowest BCUT2D eigenvalue weighted by atomic mass is 10.1. The van der Waals surface area contributed by atoms with Gasteiger partial charge in [-0.15, -0.1) is 0 Å². The highest BCUT2D eigenvalue weighted by molar-refractivity contribution is 7.91. The minimum atomic E-state index is -2.90. The van der Waals surface area contributed by atoms with E-state index in [0.717, 1.165) is 11.2 Å². The fraction of sp³-hybridized carbons (Fsp3) is 0.455. The van der Waals surface area contributed by atoms with Crippen molar-refractivity contribution >= 4 is 15.5 Å². The van der Waals surface area contributed by atoms with Crippen LogP contribution in [0.25, 0.3) is 5.65 Å². The first-order valence-electron chi connectivity index (χ1n) is 5.83. The van der Waals surface area contributed by atoms with Crippen molar-refractivity contribution < 1.29 is 8.42 Å². The van der Waals surface area contributed by atoms with Crippen LogP contribution in [0.15, 0.2) is 18.3 Å². The Labute approximate surface area is 105 Å². The van der Waals surface area contributed by atoms with Gasteiger partial charge in [0.1, 0.15) is 0 Å². The Balaban J connectivity index is 1.99. The molecular weight excluding hydrogens is 252 g/mol. The van der Waals surface area contributed by atoms with E-state index in [9.17, 15) is 8.42 Å².